The van der Waals surface area contributed by atoms with Crippen LogP contribution in [-0.4, -0.2) is 32.2 Å². The molecule has 4 heteroatoms. The predicted octanol–water partition coefficient (Wildman–Crippen LogP) is 0.730. The summed E-state index contributed by atoms with van der Waals surface area (Å²) in [7, 11) is 1.86. The number of aliphatic hydroxyl groups is 2. The number of nitrogens with zero attached hydrogens (tertiary/aromatic N) is 2. The quantitative estimate of drug-likeness (QED) is 0.756. The minimum absolute atomic E-state index is 0.0916. The molecule has 0 aliphatic rings. The highest BCUT2D eigenvalue weighted by atomic mass is 16.3. The van der Waals surface area contributed by atoms with Gasteiger partial charge in [0.2, 0.25) is 0 Å². The van der Waals surface area contributed by atoms with Crippen LogP contribution in [0.25, 0.3) is 0 Å². The first-order chi connectivity index (χ1) is 7.00. The summed E-state index contributed by atoms with van der Waals surface area (Å²) in [5.41, 5.74) is 1.09. The molecule has 4 nitrogen and oxygen atoms in total. The van der Waals surface area contributed by atoms with Crippen molar-refractivity contribution in [3.05, 3.63) is 18.0 Å². The van der Waals surface area contributed by atoms with E-state index in [0.717, 1.165) is 12.0 Å². The Morgan fingerprint density at radius 2 is 2.07 bits per heavy atom. The summed E-state index contributed by atoms with van der Waals surface area (Å²) in [6, 6.07) is 0. The molecule has 0 spiro atoms. The lowest BCUT2D eigenvalue weighted by Crippen LogP contribution is -2.31. The molecule has 2 atom stereocenters. The van der Waals surface area contributed by atoms with Gasteiger partial charge in [-0.25, -0.2) is 0 Å². The van der Waals surface area contributed by atoms with Crippen molar-refractivity contribution in [3.63, 3.8) is 0 Å². The molecule has 15 heavy (non-hydrogen) atoms. The van der Waals surface area contributed by atoms with E-state index in [1.165, 1.54) is 0 Å². The van der Waals surface area contributed by atoms with Crippen LogP contribution < -0.4 is 0 Å². The zero-order valence-corrected chi connectivity index (χ0v) is 9.59. The fourth-order valence-corrected chi connectivity index (χ4v) is 1.53. The van der Waals surface area contributed by atoms with Crippen LogP contribution in [0.1, 0.15) is 25.8 Å². The predicted molar refractivity (Wildman–Crippen MR) is 58.4 cm³/mol. The Hall–Kier alpha value is -0.870. The summed E-state index contributed by atoms with van der Waals surface area (Å²) in [6.45, 7) is 3.80. The van der Waals surface area contributed by atoms with Gasteiger partial charge in [-0.1, -0.05) is 13.8 Å². The lowest BCUT2D eigenvalue weighted by atomic mass is 9.97. The minimum Gasteiger partial charge on any atom is -0.390 e. The molecule has 0 saturated carbocycles. The highest BCUT2D eigenvalue weighted by Crippen LogP contribution is 2.12. The van der Waals surface area contributed by atoms with Gasteiger partial charge in [0, 0.05) is 13.2 Å². The second kappa shape index (κ2) is 5.28. The van der Waals surface area contributed by atoms with Crippen molar-refractivity contribution in [2.24, 2.45) is 13.0 Å². The number of aromatic nitrogens is 2. The van der Waals surface area contributed by atoms with Crippen LogP contribution in [-0.2, 0) is 13.5 Å². The molecular weight excluding hydrogens is 192 g/mol. The molecule has 1 aromatic rings. The van der Waals surface area contributed by atoms with E-state index in [0.29, 0.717) is 6.42 Å². The first kappa shape index (κ1) is 12.2. The maximum absolute atomic E-state index is 9.68. The molecule has 0 saturated heterocycles. The Morgan fingerprint density at radius 1 is 1.40 bits per heavy atom. The van der Waals surface area contributed by atoms with Crippen LogP contribution in [0.5, 0.6) is 0 Å². The number of rotatable bonds is 5. The fraction of sp³-hybridized carbons (Fsp3) is 0.727. The zero-order valence-electron chi connectivity index (χ0n) is 9.59. The van der Waals surface area contributed by atoms with Gasteiger partial charge in [-0.2, -0.15) is 5.10 Å². The molecule has 86 valence electrons. The Bertz CT molecular complexity index is 297. The molecule has 2 unspecified atom stereocenters. The molecule has 0 radical (unpaired) electrons. The normalized spacial score (nSPS) is 15.6. The average molecular weight is 212 g/mol. The number of hydrogen-bond donors (Lipinski definition) is 2. The van der Waals surface area contributed by atoms with Crippen molar-refractivity contribution in [3.8, 4) is 0 Å². The smallest absolute Gasteiger partial charge is 0.0822 e. The summed E-state index contributed by atoms with van der Waals surface area (Å²) >= 11 is 0. The van der Waals surface area contributed by atoms with Crippen LogP contribution >= 0.6 is 0 Å². The molecule has 0 aliphatic carbocycles. The van der Waals surface area contributed by atoms with Crippen molar-refractivity contribution >= 4 is 0 Å². The molecule has 0 aliphatic heterocycles. The van der Waals surface area contributed by atoms with Crippen LogP contribution in [0.4, 0.5) is 0 Å². The Morgan fingerprint density at radius 3 is 2.53 bits per heavy atom. The maximum atomic E-state index is 9.68. The summed E-state index contributed by atoms with van der Waals surface area (Å²) in [4.78, 5) is 0. The Kier molecular flexibility index (Phi) is 4.29. The lowest BCUT2D eigenvalue weighted by Gasteiger charge is -2.20. The van der Waals surface area contributed by atoms with Gasteiger partial charge < -0.3 is 10.2 Å². The van der Waals surface area contributed by atoms with Crippen LogP contribution in [0, 0.1) is 5.92 Å². The molecule has 1 aromatic heterocycles. The second-order valence-corrected chi connectivity index (χ2v) is 4.36. The number of hydrogen-bond acceptors (Lipinski definition) is 3. The lowest BCUT2D eigenvalue weighted by molar-refractivity contribution is -0.0118. The highest BCUT2D eigenvalue weighted by molar-refractivity contribution is 5.03. The first-order valence-corrected chi connectivity index (χ1v) is 5.34. The molecule has 1 rings (SSSR count). The molecule has 2 N–H and O–H groups in total. The summed E-state index contributed by atoms with van der Waals surface area (Å²) in [6.07, 6.45) is 3.75. The molecule has 0 amide bonds. The van der Waals surface area contributed by atoms with Crippen molar-refractivity contribution in [2.75, 3.05) is 0 Å². The van der Waals surface area contributed by atoms with Crippen LogP contribution in [0.2, 0.25) is 0 Å². The van der Waals surface area contributed by atoms with Gasteiger partial charge in [-0.05, 0) is 24.3 Å². The third-order valence-corrected chi connectivity index (χ3v) is 2.56. The Labute approximate surface area is 90.5 Å². The first-order valence-electron chi connectivity index (χ1n) is 5.34. The van der Waals surface area contributed by atoms with E-state index in [-0.39, 0.29) is 5.92 Å². The largest absolute Gasteiger partial charge is 0.390 e. The van der Waals surface area contributed by atoms with Gasteiger partial charge in [0.1, 0.15) is 0 Å². The molecule has 0 fully saturated rings. The fourth-order valence-electron chi connectivity index (χ4n) is 1.53. The topological polar surface area (TPSA) is 58.3 Å². The van der Waals surface area contributed by atoms with Gasteiger partial charge in [-0.15, -0.1) is 0 Å². The molecule has 0 aromatic carbocycles. The van der Waals surface area contributed by atoms with Crippen molar-refractivity contribution in [1.82, 2.24) is 9.78 Å². The van der Waals surface area contributed by atoms with Crippen LogP contribution in [0.15, 0.2) is 12.4 Å². The molecular formula is C11H20N2O2. The SMILES string of the molecule is CC(C)C(O)C(O)CCc1cnn(C)c1. The number of aryl methyl sites for hydroxylation is 2. The van der Waals surface area contributed by atoms with Gasteiger partial charge in [-0.3, -0.25) is 4.68 Å². The second-order valence-electron chi connectivity index (χ2n) is 4.36. The van der Waals surface area contributed by atoms with Gasteiger partial charge >= 0.3 is 0 Å². The van der Waals surface area contributed by atoms with Gasteiger partial charge in [0.05, 0.1) is 18.4 Å². The van der Waals surface area contributed by atoms with Crippen LogP contribution in [0.3, 0.4) is 0 Å². The molecule has 0 bridgehead atoms. The van der Waals surface area contributed by atoms with E-state index in [2.05, 4.69) is 5.10 Å². The van der Waals surface area contributed by atoms with E-state index < -0.39 is 12.2 Å². The monoisotopic (exact) mass is 212 g/mol. The summed E-state index contributed by atoms with van der Waals surface area (Å²) in [5.74, 6) is 0.0916. The van der Waals surface area contributed by atoms with E-state index >= 15 is 0 Å². The van der Waals surface area contributed by atoms with Gasteiger partial charge in [0.15, 0.2) is 0 Å². The zero-order chi connectivity index (χ0) is 11.4. The van der Waals surface area contributed by atoms with E-state index in [1.54, 1.807) is 10.9 Å². The van der Waals surface area contributed by atoms with E-state index in [9.17, 15) is 10.2 Å². The van der Waals surface area contributed by atoms with E-state index in [4.69, 9.17) is 0 Å². The highest BCUT2D eigenvalue weighted by Gasteiger charge is 2.19. The Balaban J connectivity index is 2.37. The standard InChI is InChI=1S/C11H20N2O2/c1-8(2)11(15)10(14)5-4-9-6-12-13(3)7-9/h6-8,10-11,14-15H,4-5H2,1-3H3. The molecule has 1 heterocycles. The van der Waals surface area contributed by atoms with Gasteiger partial charge in [0.25, 0.3) is 0 Å². The van der Waals surface area contributed by atoms with Crippen molar-refractivity contribution < 1.29 is 10.2 Å². The summed E-state index contributed by atoms with van der Waals surface area (Å²) < 4.78 is 1.74. The minimum atomic E-state index is -0.648. The summed E-state index contributed by atoms with van der Waals surface area (Å²) in [5, 5.41) is 23.3. The third-order valence-electron chi connectivity index (χ3n) is 2.56. The third kappa shape index (κ3) is 3.64. The maximum Gasteiger partial charge on any atom is 0.0822 e. The van der Waals surface area contributed by atoms with Crippen molar-refractivity contribution in [1.29, 1.82) is 0 Å². The van der Waals surface area contributed by atoms with E-state index in [1.807, 2.05) is 27.1 Å². The average Bonchev–Trinajstić information content (AvgIpc) is 2.59. The van der Waals surface area contributed by atoms with Crippen molar-refractivity contribution in [2.45, 2.75) is 38.9 Å². The number of aliphatic hydroxyl groups excluding tert-OH is 2.